The molecule has 3 aliphatic rings. The highest BCUT2D eigenvalue weighted by Crippen LogP contribution is 2.50. The van der Waals surface area contributed by atoms with E-state index in [1.165, 1.54) is 0 Å². The van der Waals surface area contributed by atoms with Gasteiger partial charge in [-0.25, -0.2) is 8.78 Å². The van der Waals surface area contributed by atoms with Gasteiger partial charge in [-0.3, -0.25) is 14.8 Å². The summed E-state index contributed by atoms with van der Waals surface area (Å²) in [6.07, 6.45) is 4.27. The quantitative estimate of drug-likeness (QED) is 0.837. The van der Waals surface area contributed by atoms with E-state index in [0.29, 0.717) is 38.6 Å². The number of hydrogen-bond acceptors (Lipinski definition) is 4. The van der Waals surface area contributed by atoms with Crippen molar-refractivity contribution in [1.29, 1.82) is 0 Å². The van der Waals surface area contributed by atoms with E-state index in [2.05, 4.69) is 14.8 Å². The predicted octanol–water partition coefficient (Wildman–Crippen LogP) is 2.79. The number of alkyl halides is 2. The zero-order chi connectivity index (χ0) is 17.3. The largest absolute Gasteiger partial charge is 0.381 e. The van der Waals surface area contributed by atoms with Crippen LogP contribution in [0.1, 0.15) is 31.4 Å². The van der Waals surface area contributed by atoms with Crippen LogP contribution in [-0.4, -0.2) is 66.1 Å². The minimum Gasteiger partial charge on any atom is -0.381 e. The highest BCUT2D eigenvalue weighted by atomic mass is 19.3. The number of nitrogens with zero attached hydrogens (tertiary/aromatic N) is 3. The number of ether oxygens (including phenoxy) is 1. The lowest BCUT2D eigenvalue weighted by molar-refractivity contribution is -0.171. The summed E-state index contributed by atoms with van der Waals surface area (Å²) in [5.74, 6) is -2.58. The zero-order valence-electron chi connectivity index (χ0n) is 14.7. The Bertz CT molecular complexity index is 579. The molecule has 1 aromatic rings. The number of halogens is 2. The number of piperidine rings is 1. The number of rotatable bonds is 3. The molecule has 4 nitrogen and oxygen atoms in total. The highest BCUT2D eigenvalue weighted by Gasteiger charge is 2.59. The van der Waals surface area contributed by atoms with Crippen molar-refractivity contribution in [3.63, 3.8) is 0 Å². The molecule has 0 radical (unpaired) electrons. The van der Waals surface area contributed by atoms with Gasteiger partial charge in [-0.05, 0) is 37.9 Å². The van der Waals surface area contributed by atoms with E-state index in [1.54, 1.807) is 6.20 Å². The number of likely N-dealkylation sites (tertiary alicyclic amines) is 2. The molecular weight excluding hydrogens is 324 g/mol. The first-order valence-corrected chi connectivity index (χ1v) is 9.40. The summed E-state index contributed by atoms with van der Waals surface area (Å²) in [5.41, 5.74) is 0.0539. The van der Waals surface area contributed by atoms with E-state index in [0.717, 1.165) is 38.3 Å². The van der Waals surface area contributed by atoms with Gasteiger partial charge in [-0.15, -0.1) is 0 Å². The molecule has 0 aromatic carbocycles. The third-order valence-corrected chi connectivity index (χ3v) is 6.25. The smallest absolute Gasteiger partial charge is 0.257 e. The van der Waals surface area contributed by atoms with Gasteiger partial charge in [0.1, 0.15) is 0 Å². The topological polar surface area (TPSA) is 28.6 Å². The average Bonchev–Trinajstić information content (AvgIpc) is 3.03. The lowest BCUT2D eigenvalue weighted by Crippen LogP contribution is -2.59. The lowest BCUT2D eigenvalue weighted by atomic mass is 9.75. The van der Waals surface area contributed by atoms with E-state index in [9.17, 15) is 8.78 Å². The minimum absolute atomic E-state index is 0.0121. The van der Waals surface area contributed by atoms with Crippen molar-refractivity contribution in [2.45, 2.75) is 44.2 Å². The maximum atomic E-state index is 14.9. The SMILES string of the molecule is FC1(F)CCN(C2CCOCC2)CC12CCN(Cc1ccccn1)C2. The maximum Gasteiger partial charge on any atom is 0.257 e. The van der Waals surface area contributed by atoms with Gasteiger partial charge in [0.2, 0.25) is 0 Å². The zero-order valence-corrected chi connectivity index (χ0v) is 14.7. The molecule has 0 N–H and O–H groups in total. The highest BCUT2D eigenvalue weighted by molar-refractivity contribution is 5.08. The van der Waals surface area contributed by atoms with Crippen molar-refractivity contribution < 1.29 is 13.5 Å². The molecule has 4 heterocycles. The molecule has 138 valence electrons. The summed E-state index contributed by atoms with van der Waals surface area (Å²) in [6.45, 7) is 4.41. The van der Waals surface area contributed by atoms with E-state index in [1.807, 2.05) is 18.2 Å². The lowest BCUT2D eigenvalue weighted by Gasteiger charge is -2.49. The van der Waals surface area contributed by atoms with Gasteiger partial charge in [-0.2, -0.15) is 0 Å². The second-order valence-corrected chi connectivity index (χ2v) is 7.83. The number of pyridine rings is 1. The van der Waals surface area contributed by atoms with Crippen LogP contribution in [0.5, 0.6) is 0 Å². The number of hydrogen-bond donors (Lipinski definition) is 0. The molecule has 0 bridgehead atoms. The Hall–Kier alpha value is -1.11. The van der Waals surface area contributed by atoms with E-state index < -0.39 is 11.3 Å². The molecule has 6 heteroatoms. The number of aromatic nitrogens is 1. The molecule has 3 fully saturated rings. The van der Waals surface area contributed by atoms with Crippen molar-refractivity contribution >= 4 is 0 Å². The Morgan fingerprint density at radius 1 is 1.12 bits per heavy atom. The first kappa shape index (κ1) is 17.3. The van der Waals surface area contributed by atoms with Crippen LogP contribution in [0.25, 0.3) is 0 Å². The molecule has 25 heavy (non-hydrogen) atoms. The minimum atomic E-state index is -2.58. The molecule has 0 amide bonds. The van der Waals surface area contributed by atoms with Gasteiger partial charge in [0.15, 0.2) is 0 Å². The standard InChI is InChI=1S/C19H27F2N3O/c20-19(21)7-10-24(17-4-11-25-12-5-17)15-18(19)6-9-23(14-18)13-16-3-1-2-8-22-16/h1-3,8,17H,4-7,9-15H2. The molecule has 1 aromatic heterocycles. The summed E-state index contributed by atoms with van der Waals surface area (Å²) >= 11 is 0. The molecule has 1 atom stereocenters. The van der Waals surface area contributed by atoms with Gasteiger partial charge in [0, 0.05) is 58.1 Å². The third-order valence-electron chi connectivity index (χ3n) is 6.25. The monoisotopic (exact) mass is 351 g/mol. The van der Waals surface area contributed by atoms with Gasteiger partial charge < -0.3 is 4.74 Å². The Morgan fingerprint density at radius 3 is 2.72 bits per heavy atom. The van der Waals surface area contributed by atoms with Crippen molar-refractivity contribution in [1.82, 2.24) is 14.8 Å². The first-order valence-electron chi connectivity index (χ1n) is 9.40. The van der Waals surface area contributed by atoms with Crippen molar-refractivity contribution in [3.8, 4) is 0 Å². The normalized spacial score (nSPS) is 31.6. The average molecular weight is 351 g/mol. The Morgan fingerprint density at radius 2 is 1.96 bits per heavy atom. The van der Waals surface area contributed by atoms with Crippen LogP contribution in [0, 0.1) is 5.41 Å². The van der Waals surface area contributed by atoms with Gasteiger partial charge in [-0.1, -0.05) is 6.07 Å². The molecule has 0 saturated carbocycles. The summed E-state index contributed by atoms with van der Waals surface area (Å²) in [7, 11) is 0. The van der Waals surface area contributed by atoms with E-state index >= 15 is 0 Å². The van der Waals surface area contributed by atoms with E-state index in [-0.39, 0.29) is 6.42 Å². The molecule has 3 aliphatic heterocycles. The Labute approximate surface area is 148 Å². The first-order chi connectivity index (χ1) is 12.1. The van der Waals surface area contributed by atoms with Crippen LogP contribution >= 0.6 is 0 Å². The Balaban J connectivity index is 1.46. The van der Waals surface area contributed by atoms with Crippen LogP contribution in [0.4, 0.5) is 8.78 Å². The molecule has 3 saturated heterocycles. The van der Waals surface area contributed by atoms with Crippen LogP contribution in [0.3, 0.4) is 0 Å². The van der Waals surface area contributed by atoms with E-state index in [4.69, 9.17) is 4.74 Å². The van der Waals surface area contributed by atoms with Crippen molar-refractivity contribution in [2.75, 3.05) is 39.4 Å². The second-order valence-electron chi connectivity index (χ2n) is 7.83. The third kappa shape index (κ3) is 3.44. The van der Waals surface area contributed by atoms with Crippen molar-refractivity contribution in [2.24, 2.45) is 5.41 Å². The summed E-state index contributed by atoms with van der Waals surface area (Å²) in [5, 5.41) is 0. The van der Waals surface area contributed by atoms with Crippen molar-refractivity contribution in [3.05, 3.63) is 30.1 Å². The second kappa shape index (κ2) is 6.89. The molecule has 0 aliphatic carbocycles. The molecule has 1 unspecified atom stereocenters. The summed E-state index contributed by atoms with van der Waals surface area (Å²) < 4.78 is 35.3. The van der Waals surface area contributed by atoms with Crippen LogP contribution in [0.2, 0.25) is 0 Å². The summed E-state index contributed by atoms with van der Waals surface area (Å²) in [4.78, 5) is 8.83. The maximum absolute atomic E-state index is 14.9. The van der Waals surface area contributed by atoms with Crippen LogP contribution in [-0.2, 0) is 11.3 Å². The molecule has 1 spiro atoms. The summed E-state index contributed by atoms with van der Waals surface area (Å²) in [6, 6.07) is 6.22. The fourth-order valence-corrected chi connectivity index (χ4v) is 4.74. The van der Waals surface area contributed by atoms with Crippen LogP contribution < -0.4 is 0 Å². The van der Waals surface area contributed by atoms with Gasteiger partial charge in [0.05, 0.1) is 11.1 Å². The van der Waals surface area contributed by atoms with Gasteiger partial charge in [0.25, 0.3) is 5.92 Å². The Kier molecular flexibility index (Phi) is 4.77. The fraction of sp³-hybridized carbons (Fsp3) is 0.737. The van der Waals surface area contributed by atoms with Gasteiger partial charge >= 0.3 is 0 Å². The molecule has 4 rings (SSSR count). The predicted molar refractivity (Wildman–Crippen MR) is 91.5 cm³/mol. The molecular formula is C19H27F2N3O. The van der Waals surface area contributed by atoms with Crippen LogP contribution in [0.15, 0.2) is 24.4 Å². The fourth-order valence-electron chi connectivity index (χ4n) is 4.74.